The summed E-state index contributed by atoms with van der Waals surface area (Å²) in [5.74, 6) is 0.730. The van der Waals surface area contributed by atoms with Gasteiger partial charge in [0.1, 0.15) is 5.75 Å². The van der Waals surface area contributed by atoms with Crippen LogP contribution in [0.2, 0.25) is 0 Å². The van der Waals surface area contributed by atoms with Crippen molar-refractivity contribution in [1.82, 2.24) is 10.2 Å². The number of ether oxygens (including phenoxy) is 1. The number of hydrogen-bond acceptors (Lipinski definition) is 4. The first kappa shape index (κ1) is 16.3. The molecule has 0 aliphatic carbocycles. The maximum Gasteiger partial charge on any atom is 0.260 e. The highest BCUT2D eigenvalue weighted by Crippen LogP contribution is 2.17. The summed E-state index contributed by atoms with van der Waals surface area (Å²) in [5.41, 5.74) is 5.59. The van der Waals surface area contributed by atoms with Gasteiger partial charge in [-0.2, -0.15) is 0 Å². The number of nitrogens with two attached hydrogens (primary N) is 1. The van der Waals surface area contributed by atoms with Gasteiger partial charge in [-0.15, -0.1) is 0 Å². The fourth-order valence-electron chi connectivity index (χ4n) is 2.63. The van der Waals surface area contributed by atoms with E-state index < -0.39 is 5.91 Å². The molecule has 0 spiro atoms. The molecular weight excluding hydrogens is 282 g/mol. The lowest BCUT2D eigenvalue weighted by molar-refractivity contribution is -0.134. The van der Waals surface area contributed by atoms with E-state index in [4.69, 9.17) is 10.5 Å². The van der Waals surface area contributed by atoms with Crippen LogP contribution in [0.25, 0.3) is 0 Å². The van der Waals surface area contributed by atoms with Crippen LogP contribution in [-0.4, -0.2) is 50.0 Å². The molecule has 0 atom stereocenters. The van der Waals surface area contributed by atoms with Crippen LogP contribution in [0.4, 0.5) is 0 Å². The third-order valence-electron chi connectivity index (χ3n) is 3.96. The lowest BCUT2D eigenvalue weighted by Gasteiger charge is -2.31. The van der Waals surface area contributed by atoms with Crippen LogP contribution in [0.5, 0.6) is 5.75 Å². The second-order valence-corrected chi connectivity index (χ2v) is 5.56. The van der Waals surface area contributed by atoms with Crippen molar-refractivity contribution >= 4 is 11.8 Å². The highest BCUT2D eigenvalue weighted by Gasteiger charge is 2.22. The summed E-state index contributed by atoms with van der Waals surface area (Å²) >= 11 is 0. The van der Waals surface area contributed by atoms with Crippen molar-refractivity contribution < 1.29 is 14.3 Å². The molecule has 22 heavy (non-hydrogen) atoms. The second kappa shape index (κ2) is 7.79. The normalized spacial score (nSPS) is 15.6. The van der Waals surface area contributed by atoms with Crippen LogP contribution in [0, 0.1) is 5.92 Å². The Labute approximate surface area is 130 Å². The van der Waals surface area contributed by atoms with Crippen LogP contribution in [0.15, 0.2) is 24.3 Å². The first-order chi connectivity index (χ1) is 10.6. The summed E-state index contributed by atoms with van der Waals surface area (Å²) in [5, 5.41) is 3.18. The first-order valence-electron chi connectivity index (χ1n) is 7.55. The van der Waals surface area contributed by atoms with E-state index in [-0.39, 0.29) is 12.5 Å². The predicted molar refractivity (Wildman–Crippen MR) is 83.7 cm³/mol. The van der Waals surface area contributed by atoms with E-state index >= 15 is 0 Å². The summed E-state index contributed by atoms with van der Waals surface area (Å²) in [6.45, 7) is 2.60. The Morgan fingerprint density at radius 3 is 2.45 bits per heavy atom. The van der Waals surface area contributed by atoms with Crippen molar-refractivity contribution in [3.63, 3.8) is 0 Å². The Balaban J connectivity index is 1.77. The van der Waals surface area contributed by atoms with Gasteiger partial charge in [0, 0.05) is 18.7 Å². The fraction of sp³-hybridized carbons (Fsp3) is 0.500. The minimum absolute atomic E-state index is 0.00175. The Hall–Kier alpha value is -2.08. The number of likely N-dealkylation sites (tertiary alicyclic amines) is 1. The molecule has 0 radical (unpaired) electrons. The third-order valence-corrected chi connectivity index (χ3v) is 3.96. The SMILES string of the molecule is CNCC1CCN(C(=O)COc2ccc(C(N)=O)cc2)CC1. The minimum atomic E-state index is -0.480. The van der Waals surface area contributed by atoms with Crippen molar-refractivity contribution in [2.75, 3.05) is 33.3 Å². The molecule has 0 unspecified atom stereocenters. The number of hydrogen-bond donors (Lipinski definition) is 2. The van der Waals surface area contributed by atoms with Gasteiger partial charge in [0.25, 0.3) is 5.91 Å². The Morgan fingerprint density at radius 1 is 1.27 bits per heavy atom. The van der Waals surface area contributed by atoms with Crippen LogP contribution >= 0.6 is 0 Å². The first-order valence-corrected chi connectivity index (χ1v) is 7.55. The van der Waals surface area contributed by atoms with Crippen LogP contribution in [0.3, 0.4) is 0 Å². The zero-order valence-corrected chi connectivity index (χ0v) is 12.9. The molecule has 6 heteroatoms. The molecule has 1 heterocycles. The zero-order valence-electron chi connectivity index (χ0n) is 12.9. The van der Waals surface area contributed by atoms with E-state index in [2.05, 4.69) is 5.32 Å². The van der Waals surface area contributed by atoms with E-state index in [1.807, 2.05) is 11.9 Å². The highest BCUT2D eigenvalue weighted by atomic mass is 16.5. The fourth-order valence-corrected chi connectivity index (χ4v) is 2.63. The standard InChI is InChI=1S/C16H23N3O3/c1-18-10-12-6-8-19(9-7-12)15(20)11-22-14-4-2-13(3-5-14)16(17)21/h2-5,12,18H,6-11H2,1H3,(H2,17,21). The number of amides is 2. The molecule has 1 aliphatic rings. The smallest absolute Gasteiger partial charge is 0.260 e. The summed E-state index contributed by atoms with van der Waals surface area (Å²) in [4.78, 5) is 24.9. The largest absolute Gasteiger partial charge is 0.484 e. The van der Waals surface area contributed by atoms with Gasteiger partial charge in [-0.25, -0.2) is 0 Å². The molecule has 1 aliphatic heterocycles. The average molecular weight is 305 g/mol. The molecule has 1 fully saturated rings. The summed E-state index contributed by atoms with van der Waals surface area (Å²) in [7, 11) is 1.95. The van der Waals surface area contributed by atoms with E-state index in [9.17, 15) is 9.59 Å². The van der Waals surface area contributed by atoms with Crippen molar-refractivity contribution in [1.29, 1.82) is 0 Å². The van der Waals surface area contributed by atoms with Gasteiger partial charge in [0.2, 0.25) is 5.91 Å². The number of carbonyl (C=O) groups is 2. The molecule has 120 valence electrons. The molecule has 1 saturated heterocycles. The Morgan fingerprint density at radius 2 is 1.91 bits per heavy atom. The number of rotatable bonds is 6. The van der Waals surface area contributed by atoms with Gasteiger partial charge in [0.05, 0.1) is 0 Å². The van der Waals surface area contributed by atoms with Crippen LogP contribution < -0.4 is 15.8 Å². The minimum Gasteiger partial charge on any atom is -0.484 e. The summed E-state index contributed by atoms with van der Waals surface area (Å²) in [6.07, 6.45) is 2.06. The molecule has 2 rings (SSSR count). The number of carbonyl (C=O) groups excluding carboxylic acids is 2. The van der Waals surface area contributed by atoms with Crippen molar-refractivity contribution in [3.05, 3.63) is 29.8 Å². The molecule has 6 nitrogen and oxygen atoms in total. The number of benzene rings is 1. The number of piperidine rings is 1. The number of primary amides is 1. The summed E-state index contributed by atoms with van der Waals surface area (Å²) < 4.78 is 5.47. The predicted octanol–water partition coefficient (Wildman–Crippen LogP) is 0.622. The van der Waals surface area contributed by atoms with Gasteiger partial charge in [-0.05, 0) is 56.6 Å². The van der Waals surface area contributed by atoms with E-state index in [0.29, 0.717) is 17.2 Å². The Kier molecular flexibility index (Phi) is 5.77. The average Bonchev–Trinajstić information content (AvgIpc) is 2.54. The zero-order chi connectivity index (χ0) is 15.9. The topological polar surface area (TPSA) is 84.7 Å². The van der Waals surface area contributed by atoms with Gasteiger partial charge in [-0.1, -0.05) is 0 Å². The lowest BCUT2D eigenvalue weighted by Crippen LogP contribution is -2.42. The van der Waals surface area contributed by atoms with Gasteiger partial charge < -0.3 is 20.7 Å². The van der Waals surface area contributed by atoms with E-state index in [1.165, 1.54) is 0 Å². The molecule has 1 aromatic rings. The second-order valence-electron chi connectivity index (χ2n) is 5.56. The lowest BCUT2D eigenvalue weighted by atomic mass is 9.97. The van der Waals surface area contributed by atoms with Crippen molar-refractivity contribution in [2.24, 2.45) is 11.7 Å². The molecule has 3 N–H and O–H groups in total. The van der Waals surface area contributed by atoms with E-state index in [0.717, 1.165) is 32.5 Å². The maximum absolute atomic E-state index is 12.1. The molecular formula is C16H23N3O3. The quantitative estimate of drug-likeness (QED) is 0.807. The summed E-state index contributed by atoms with van der Waals surface area (Å²) in [6, 6.07) is 6.47. The molecule has 2 amide bonds. The van der Waals surface area contributed by atoms with Gasteiger partial charge in [-0.3, -0.25) is 9.59 Å². The monoisotopic (exact) mass is 305 g/mol. The number of nitrogens with one attached hydrogen (secondary N) is 1. The highest BCUT2D eigenvalue weighted by molar-refractivity contribution is 5.92. The molecule has 0 aromatic heterocycles. The third kappa shape index (κ3) is 4.46. The van der Waals surface area contributed by atoms with E-state index in [1.54, 1.807) is 24.3 Å². The Bertz CT molecular complexity index is 508. The maximum atomic E-state index is 12.1. The molecule has 0 saturated carbocycles. The number of nitrogens with zero attached hydrogens (tertiary/aromatic N) is 1. The molecule has 1 aromatic carbocycles. The van der Waals surface area contributed by atoms with Crippen LogP contribution in [0.1, 0.15) is 23.2 Å². The molecule has 0 bridgehead atoms. The van der Waals surface area contributed by atoms with Gasteiger partial charge >= 0.3 is 0 Å². The van der Waals surface area contributed by atoms with Gasteiger partial charge in [0.15, 0.2) is 6.61 Å². The van der Waals surface area contributed by atoms with Crippen molar-refractivity contribution in [3.8, 4) is 5.75 Å². The van der Waals surface area contributed by atoms with Crippen molar-refractivity contribution in [2.45, 2.75) is 12.8 Å². The van der Waals surface area contributed by atoms with Crippen LogP contribution in [-0.2, 0) is 4.79 Å².